The van der Waals surface area contributed by atoms with Crippen molar-refractivity contribution in [2.45, 2.75) is 32.0 Å². The lowest BCUT2D eigenvalue weighted by Gasteiger charge is -2.33. The molecule has 1 unspecified atom stereocenters. The van der Waals surface area contributed by atoms with Gasteiger partial charge in [0.1, 0.15) is 6.04 Å². The highest BCUT2D eigenvalue weighted by Crippen LogP contribution is 2.28. The Labute approximate surface area is 147 Å². The van der Waals surface area contributed by atoms with Crippen LogP contribution < -0.4 is 10.1 Å². The summed E-state index contributed by atoms with van der Waals surface area (Å²) in [6, 6.07) is 5.61. The Morgan fingerprint density at radius 2 is 2.24 bits per heavy atom. The smallest absolute Gasteiger partial charge is 0.246 e. The summed E-state index contributed by atoms with van der Waals surface area (Å²) in [7, 11) is 1.63. The first-order chi connectivity index (χ1) is 12.2. The van der Waals surface area contributed by atoms with Gasteiger partial charge in [-0.25, -0.2) is 4.98 Å². The monoisotopic (exact) mass is 341 g/mol. The number of amides is 1. The molecule has 0 bridgehead atoms. The van der Waals surface area contributed by atoms with Gasteiger partial charge in [0.05, 0.1) is 12.8 Å². The Hall–Kier alpha value is -2.41. The van der Waals surface area contributed by atoms with Gasteiger partial charge in [-0.1, -0.05) is 6.07 Å². The van der Waals surface area contributed by atoms with Crippen molar-refractivity contribution < 1.29 is 9.53 Å². The zero-order chi connectivity index (χ0) is 17.2. The van der Waals surface area contributed by atoms with Gasteiger partial charge in [-0.3, -0.25) is 14.4 Å². The van der Waals surface area contributed by atoms with Gasteiger partial charge in [0, 0.05) is 44.1 Å². The number of fused-ring (bicyclic) bond motifs is 1. The zero-order valence-corrected chi connectivity index (χ0v) is 14.4. The first kappa shape index (κ1) is 16.1. The lowest BCUT2D eigenvalue weighted by atomic mass is 10.1. The van der Waals surface area contributed by atoms with Crippen LogP contribution in [0.25, 0.3) is 0 Å². The van der Waals surface area contributed by atoms with Crippen LogP contribution in [0.15, 0.2) is 30.6 Å². The number of aromatic nitrogens is 3. The van der Waals surface area contributed by atoms with Crippen LogP contribution in [0.3, 0.4) is 0 Å². The number of methoxy groups -OCH3 is 1. The fourth-order valence-corrected chi connectivity index (χ4v) is 3.33. The summed E-state index contributed by atoms with van der Waals surface area (Å²) >= 11 is 0. The average molecular weight is 341 g/mol. The molecule has 0 aromatic carbocycles. The highest BCUT2D eigenvalue weighted by atomic mass is 16.5. The molecule has 132 valence electrons. The second-order valence-corrected chi connectivity index (χ2v) is 6.81. The minimum Gasteiger partial charge on any atom is -0.481 e. The summed E-state index contributed by atoms with van der Waals surface area (Å²) in [6.45, 7) is 2.85. The quantitative estimate of drug-likeness (QED) is 0.859. The summed E-state index contributed by atoms with van der Waals surface area (Å²) < 4.78 is 7.21. The van der Waals surface area contributed by atoms with Crippen LogP contribution in [0.4, 0.5) is 0 Å². The van der Waals surface area contributed by atoms with Crippen LogP contribution >= 0.6 is 0 Å². The van der Waals surface area contributed by atoms with E-state index in [2.05, 4.69) is 20.3 Å². The second-order valence-electron chi connectivity index (χ2n) is 6.81. The van der Waals surface area contributed by atoms with Crippen LogP contribution in [0, 0.1) is 5.92 Å². The number of rotatable bonds is 6. The summed E-state index contributed by atoms with van der Waals surface area (Å²) in [6.07, 6.45) is 5.95. The highest BCUT2D eigenvalue weighted by molar-refractivity contribution is 5.80. The normalized spacial score (nSPS) is 20.1. The topological polar surface area (TPSA) is 72.3 Å². The first-order valence-corrected chi connectivity index (χ1v) is 8.75. The lowest BCUT2D eigenvalue weighted by Crippen LogP contribution is -2.45. The number of nitrogens with one attached hydrogen (secondary N) is 1. The maximum absolute atomic E-state index is 12.7. The van der Waals surface area contributed by atoms with Gasteiger partial charge < -0.3 is 10.1 Å². The molecule has 1 atom stereocenters. The molecular formula is C18H23N5O2. The highest BCUT2D eigenvalue weighted by Gasteiger charge is 2.32. The molecule has 0 radical (unpaired) electrons. The predicted molar refractivity (Wildman–Crippen MR) is 91.9 cm³/mol. The van der Waals surface area contributed by atoms with E-state index in [9.17, 15) is 4.79 Å². The van der Waals surface area contributed by atoms with E-state index in [4.69, 9.17) is 4.74 Å². The van der Waals surface area contributed by atoms with Gasteiger partial charge in [-0.05, 0) is 30.9 Å². The van der Waals surface area contributed by atoms with E-state index in [0.29, 0.717) is 24.9 Å². The number of pyridine rings is 1. The fraction of sp³-hybridized carbons (Fsp3) is 0.500. The third-order valence-corrected chi connectivity index (χ3v) is 4.87. The molecule has 1 aliphatic heterocycles. The Morgan fingerprint density at radius 3 is 3.04 bits per heavy atom. The Morgan fingerprint density at radius 1 is 1.36 bits per heavy atom. The molecule has 2 aliphatic rings. The lowest BCUT2D eigenvalue weighted by molar-refractivity contribution is -0.126. The van der Waals surface area contributed by atoms with Crippen molar-refractivity contribution in [2.24, 2.45) is 5.92 Å². The summed E-state index contributed by atoms with van der Waals surface area (Å²) in [5.41, 5.74) is 2.08. The number of hydrogen-bond donors (Lipinski definition) is 1. The van der Waals surface area contributed by atoms with Gasteiger partial charge in [0.15, 0.2) is 0 Å². The molecule has 7 nitrogen and oxygen atoms in total. The maximum Gasteiger partial charge on any atom is 0.246 e. The van der Waals surface area contributed by atoms with E-state index in [0.717, 1.165) is 24.3 Å². The second kappa shape index (κ2) is 6.84. The molecule has 0 saturated heterocycles. The third-order valence-electron chi connectivity index (χ3n) is 4.87. The van der Waals surface area contributed by atoms with E-state index < -0.39 is 0 Å². The van der Waals surface area contributed by atoms with Crippen molar-refractivity contribution >= 4 is 5.91 Å². The van der Waals surface area contributed by atoms with Crippen LogP contribution in [0.2, 0.25) is 0 Å². The third kappa shape index (κ3) is 3.51. The minimum atomic E-state index is -0.292. The van der Waals surface area contributed by atoms with Crippen molar-refractivity contribution in [3.63, 3.8) is 0 Å². The van der Waals surface area contributed by atoms with Crippen LogP contribution in [-0.4, -0.2) is 45.8 Å². The van der Waals surface area contributed by atoms with Crippen molar-refractivity contribution in [3.8, 4) is 5.88 Å². The maximum atomic E-state index is 12.7. The van der Waals surface area contributed by atoms with Gasteiger partial charge >= 0.3 is 0 Å². The Balaban J connectivity index is 1.50. The molecule has 4 rings (SSSR count). The first-order valence-electron chi connectivity index (χ1n) is 8.75. The zero-order valence-electron chi connectivity index (χ0n) is 14.4. The van der Waals surface area contributed by atoms with Crippen molar-refractivity contribution in [2.75, 3.05) is 20.2 Å². The molecule has 25 heavy (non-hydrogen) atoms. The van der Waals surface area contributed by atoms with E-state index >= 15 is 0 Å². The van der Waals surface area contributed by atoms with Gasteiger partial charge in [-0.2, -0.15) is 5.10 Å². The summed E-state index contributed by atoms with van der Waals surface area (Å²) in [4.78, 5) is 19.2. The van der Waals surface area contributed by atoms with Gasteiger partial charge in [0.2, 0.25) is 11.8 Å². The number of ether oxygens (including phenoxy) is 1. The fourth-order valence-electron chi connectivity index (χ4n) is 3.33. The molecule has 7 heteroatoms. The summed E-state index contributed by atoms with van der Waals surface area (Å²) in [5.74, 6) is 1.36. The molecular weight excluding hydrogens is 318 g/mol. The number of carbonyl (C=O) groups is 1. The molecule has 1 aliphatic carbocycles. The minimum absolute atomic E-state index is 0.0553. The van der Waals surface area contributed by atoms with Crippen LogP contribution in [0.1, 0.15) is 30.1 Å². The molecule has 1 fully saturated rings. The van der Waals surface area contributed by atoms with E-state index in [1.54, 1.807) is 19.5 Å². The molecule has 2 aromatic rings. The van der Waals surface area contributed by atoms with E-state index in [-0.39, 0.29) is 11.9 Å². The van der Waals surface area contributed by atoms with E-state index in [1.807, 2.05) is 22.9 Å². The molecule has 1 N–H and O–H groups in total. The Bertz CT molecular complexity index is 755. The van der Waals surface area contributed by atoms with Crippen molar-refractivity contribution in [1.29, 1.82) is 0 Å². The van der Waals surface area contributed by atoms with Crippen LogP contribution in [0.5, 0.6) is 5.88 Å². The van der Waals surface area contributed by atoms with Gasteiger partial charge in [-0.15, -0.1) is 0 Å². The number of hydrogen-bond acceptors (Lipinski definition) is 5. The largest absolute Gasteiger partial charge is 0.481 e. The molecule has 2 aromatic heterocycles. The van der Waals surface area contributed by atoms with Gasteiger partial charge in [0.25, 0.3) is 0 Å². The van der Waals surface area contributed by atoms with E-state index in [1.165, 1.54) is 12.8 Å². The predicted octanol–water partition coefficient (Wildman–Crippen LogP) is 1.37. The number of carbonyl (C=O) groups excluding carboxylic acids is 1. The molecule has 3 heterocycles. The molecule has 0 spiro atoms. The number of nitrogens with zero attached hydrogens (tertiary/aromatic N) is 4. The standard InChI is InChI=1S/C18H23N5O2/c1-25-18-14(3-2-7-19-18)10-22-11-15-6-8-21-23(15)16(12-22)17(24)20-9-13-4-5-13/h2-3,6-8,13,16H,4-5,9-12H2,1H3,(H,20,24). The Kier molecular flexibility index (Phi) is 4.40. The molecule has 1 saturated carbocycles. The van der Waals surface area contributed by atoms with Crippen molar-refractivity contribution in [3.05, 3.63) is 41.9 Å². The SMILES string of the molecule is COc1ncccc1CN1Cc2ccnn2C(C(=O)NCC2CC2)C1. The van der Waals surface area contributed by atoms with Crippen molar-refractivity contribution in [1.82, 2.24) is 25.0 Å². The molecule has 1 amide bonds. The average Bonchev–Trinajstić information content (AvgIpc) is 3.35. The summed E-state index contributed by atoms with van der Waals surface area (Å²) in [5, 5.41) is 7.46. The van der Waals surface area contributed by atoms with Crippen LogP contribution in [-0.2, 0) is 17.9 Å².